The summed E-state index contributed by atoms with van der Waals surface area (Å²) >= 11 is 1.69. The number of hydrogen-bond donors (Lipinski definition) is 3. The van der Waals surface area contributed by atoms with E-state index >= 15 is 0 Å². The van der Waals surface area contributed by atoms with Gasteiger partial charge in [-0.05, 0) is 36.8 Å². The zero-order valence-corrected chi connectivity index (χ0v) is 8.89. The van der Waals surface area contributed by atoms with Crippen LogP contribution in [0, 0.1) is 5.92 Å². The van der Waals surface area contributed by atoms with Crippen molar-refractivity contribution in [1.29, 1.82) is 0 Å². The van der Waals surface area contributed by atoms with Gasteiger partial charge in [0, 0.05) is 17.1 Å². The summed E-state index contributed by atoms with van der Waals surface area (Å²) in [6, 6.07) is 1.94. The van der Waals surface area contributed by atoms with Crippen LogP contribution in [0.15, 0.2) is 11.4 Å². The van der Waals surface area contributed by atoms with Crippen LogP contribution in [-0.4, -0.2) is 17.8 Å². The molecule has 1 aromatic rings. The van der Waals surface area contributed by atoms with Crippen molar-refractivity contribution in [3.05, 3.63) is 16.3 Å². The molecule has 1 saturated carbocycles. The molecule has 2 rings (SSSR count). The van der Waals surface area contributed by atoms with E-state index in [2.05, 4.69) is 5.32 Å². The predicted molar refractivity (Wildman–Crippen MR) is 59.2 cm³/mol. The molecule has 0 aromatic carbocycles. The minimum Gasteiger partial charge on any atom is -0.398 e. The molecule has 0 saturated heterocycles. The number of aliphatic hydroxyl groups is 1. The zero-order valence-electron chi connectivity index (χ0n) is 8.07. The molecule has 1 heterocycles. The first-order chi connectivity index (χ1) is 6.75. The molecule has 1 aliphatic carbocycles. The molecule has 0 aliphatic heterocycles. The van der Waals surface area contributed by atoms with Crippen molar-refractivity contribution in [2.75, 3.05) is 12.3 Å². The molecule has 0 unspecified atom stereocenters. The lowest BCUT2D eigenvalue weighted by Gasteiger charge is -2.31. The van der Waals surface area contributed by atoms with E-state index in [1.165, 1.54) is 4.88 Å². The molecular formula is C10H16N2OS. The van der Waals surface area contributed by atoms with E-state index < -0.39 is 0 Å². The Labute approximate surface area is 87.9 Å². The third kappa shape index (κ3) is 2.26. The van der Waals surface area contributed by atoms with Gasteiger partial charge in [-0.3, -0.25) is 0 Å². The van der Waals surface area contributed by atoms with Gasteiger partial charge in [0.2, 0.25) is 0 Å². The van der Waals surface area contributed by atoms with Gasteiger partial charge in [0.15, 0.2) is 0 Å². The third-order valence-electron chi connectivity index (χ3n) is 2.71. The molecule has 1 aromatic heterocycles. The SMILES string of the molecule is Nc1ccsc1CNCC1CC(O)C1. The molecule has 0 bridgehead atoms. The van der Waals surface area contributed by atoms with Gasteiger partial charge < -0.3 is 16.2 Å². The second kappa shape index (κ2) is 4.29. The Balaban J connectivity index is 1.66. The van der Waals surface area contributed by atoms with Crippen LogP contribution in [0.2, 0.25) is 0 Å². The summed E-state index contributed by atoms with van der Waals surface area (Å²) < 4.78 is 0. The average molecular weight is 212 g/mol. The first-order valence-corrected chi connectivity index (χ1v) is 5.84. The van der Waals surface area contributed by atoms with Gasteiger partial charge in [-0.15, -0.1) is 11.3 Å². The summed E-state index contributed by atoms with van der Waals surface area (Å²) in [6.45, 7) is 1.85. The van der Waals surface area contributed by atoms with E-state index in [4.69, 9.17) is 10.8 Å². The average Bonchev–Trinajstić information content (AvgIpc) is 2.49. The standard InChI is InChI=1S/C10H16N2OS/c11-9-1-2-14-10(9)6-12-5-7-3-8(13)4-7/h1-2,7-8,12-13H,3-6,11H2. The predicted octanol–water partition coefficient (Wildman–Crippen LogP) is 1.19. The van der Waals surface area contributed by atoms with Crippen molar-refractivity contribution in [3.63, 3.8) is 0 Å². The van der Waals surface area contributed by atoms with Crippen molar-refractivity contribution in [2.45, 2.75) is 25.5 Å². The first-order valence-electron chi connectivity index (χ1n) is 4.96. The summed E-state index contributed by atoms with van der Waals surface area (Å²) in [4.78, 5) is 1.21. The molecule has 1 fully saturated rings. The van der Waals surface area contributed by atoms with Crippen molar-refractivity contribution >= 4 is 17.0 Å². The lowest BCUT2D eigenvalue weighted by atomic mass is 9.82. The van der Waals surface area contributed by atoms with Gasteiger partial charge in [0.1, 0.15) is 0 Å². The Morgan fingerprint density at radius 1 is 1.57 bits per heavy atom. The topological polar surface area (TPSA) is 58.3 Å². The van der Waals surface area contributed by atoms with Crippen LogP contribution in [0.4, 0.5) is 5.69 Å². The molecule has 0 amide bonds. The fourth-order valence-corrected chi connectivity index (χ4v) is 2.52. The largest absolute Gasteiger partial charge is 0.398 e. The Morgan fingerprint density at radius 3 is 2.93 bits per heavy atom. The molecule has 4 heteroatoms. The molecule has 0 spiro atoms. The molecule has 78 valence electrons. The van der Waals surface area contributed by atoms with Crippen molar-refractivity contribution in [2.24, 2.45) is 5.92 Å². The molecule has 1 aliphatic rings. The van der Waals surface area contributed by atoms with Gasteiger partial charge >= 0.3 is 0 Å². The number of rotatable bonds is 4. The van der Waals surface area contributed by atoms with Gasteiger partial charge in [0.25, 0.3) is 0 Å². The van der Waals surface area contributed by atoms with Crippen LogP contribution < -0.4 is 11.1 Å². The zero-order chi connectivity index (χ0) is 9.97. The Hall–Kier alpha value is -0.580. The third-order valence-corrected chi connectivity index (χ3v) is 3.65. The summed E-state index contributed by atoms with van der Waals surface area (Å²) in [7, 11) is 0. The van der Waals surface area contributed by atoms with E-state index in [1.54, 1.807) is 11.3 Å². The summed E-state index contributed by atoms with van der Waals surface area (Å²) in [5.41, 5.74) is 6.64. The van der Waals surface area contributed by atoms with E-state index in [0.717, 1.165) is 31.6 Å². The van der Waals surface area contributed by atoms with Gasteiger partial charge in [0.05, 0.1) is 6.10 Å². The number of aliphatic hydroxyl groups excluding tert-OH is 1. The minimum absolute atomic E-state index is 0.0476. The fraction of sp³-hybridized carbons (Fsp3) is 0.600. The number of anilines is 1. The summed E-state index contributed by atoms with van der Waals surface area (Å²) in [5, 5.41) is 14.5. The highest BCUT2D eigenvalue weighted by Crippen LogP contribution is 2.26. The first kappa shape index (κ1) is 9.96. The van der Waals surface area contributed by atoms with Crippen LogP contribution in [0.3, 0.4) is 0 Å². The monoisotopic (exact) mass is 212 g/mol. The Kier molecular flexibility index (Phi) is 3.05. The van der Waals surface area contributed by atoms with E-state index in [-0.39, 0.29) is 6.10 Å². The maximum Gasteiger partial charge on any atom is 0.0546 e. The van der Waals surface area contributed by atoms with Crippen molar-refractivity contribution in [1.82, 2.24) is 5.32 Å². The van der Waals surface area contributed by atoms with Crippen molar-refractivity contribution < 1.29 is 5.11 Å². The highest BCUT2D eigenvalue weighted by atomic mass is 32.1. The van der Waals surface area contributed by atoms with Gasteiger partial charge in [-0.2, -0.15) is 0 Å². The summed E-state index contributed by atoms with van der Waals surface area (Å²) in [6.07, 6.45) is 1.86. The van der Waals surface area contributed by atoms with Crippen LogP contribution in [-0.2, 0) is 6.54 Å². The van der Waals surface area contributed by atoms with E-state index in [1.807, 2.05) is 11.4 Å². The number of nitrogen functional groups attached to an aromatic ring is 1. The highest BCUT2D eigenvalue weighted by Gasteiger charge is 2.26. The minimum atomic E-state index is -0.0476. The van der Waals surface area contributed by atoms with Gasteiger partial charge in [-0.25, -0.2) is 0 Å². The van der Waals surface area contributed by atoms with E-state index in [0.29, 0.717) is 5.92 Å². The van der Waals surface area contributed by atoms with Crippen molar-refractivity contribution in [3.8, 4) is 0 Å². The smallest absolute Gasteiger partial charge is 0.0546 e. The maximum absolute atomic E-state index is 9.10. The van der Waals surface area contributed by atoms with Crippen LogP contribution >= 0.6 is 11.3 Å². The lowest BCUT2D eigenvalue weighted by molar-refractivity contribution is 0.0430. The molecule has 0 radical (unpaired) electrons. The number of hydrogen-bond acceptors (Lipinski definition) is 4. The fourth-order valence-electron chi connectivity index (χ4n) is 1.75. The maximum atomic E-state index is 9.10. The summed E-state index contributed by atoms with van der Waals surface area (Å²) in [5.74, 6) is 0.659. The second-order valence-corrected chi connectivity index (χ2v) is 4.92. The number of nitrogens with one attached hydrogen (secondary N) is 1. The Morgan fingerprint density at radius 2 is 2.36 bits per heavy atom. The molecule has 4 N–H and O–H groups in total. The number of thiophene rings is 1. The highest BCUT2D eigenvalue weighted by molar-refractivity contribution is 7.10. The van der Waals surface area contributed by atoms with Crippen LogP contribution in [0.1, 0.15) is 17.7 Å². The van der Waals surface area contributed by atoms with E-state index in [9.17, 15) is 0 Å². The molecule has 0 atom stereocenters. The quantitative estimate of drug-likeness (QED) is 0.702. The van der Waals surface area contributed by atoms with Gasteiger partial charge in [-0.1, -0.05) is 0 Å². The normalized spacial score (nSPS) is 26.1. The van der Waals surface area contributed by atoms with Crippen LogP contribution in [0.25, 0.3) is 0 Å². The molecule has 14 heavy (non-hydrogen) atoms. The number of nitrogens with two attached hydrogens (primary N) is 1. The van der Waals surface area contributed by atoms with Crippen LogP contribution in [0.5, 0.6) is 0 Å². The lowest BCUT2D eigenvalue weighted by Crippen LogP contribution is -2.35. The second-order valence-electron chi connectivity index (χ2n) is 3.92. The molecular weight excluding hydrogens is 196 g/mol. The molecule has 3 nitrogen and oxygen atoms in total. The Bertz CT molecular complexity index is 294.